The van der Waals surface area contributed by atoms with Crippen LogP contribution in [-0.2, 0) is 17.7 Å². The second kappa shape index (κ2) is 6.24. The van der Waals surface area contributed by atoms with Gasteiger partial charge in [0.1, 0.15) is 0 Å². The predicted molar refractivity (Wildman–Crippen MR) is 76.6 cm³/mol. The van der Waals surface area contributed by atoms with Gasteiger partial charge in [-0.2, -0.15) is 5.10 Å². The van der Waals surface area contributed by atoms with Crippen LogP contribution in [0.1, 0.15) is 49.9 Å². The highest BCUT2D eigenvalue weighted by Gasteiger charge is 2.28. The van der Waals surface area contributed by atoms with Crippen molar-refractivity contribution in [2.45, 2.75) is 63.8 Å². The maximum atomic E-state index is 9.11. The predicted octanol–water partition coefficient (Wildman–Crippen LogP) is 1.41. The molecule has 5 nitrogen and oxygen atoms in total. The Morgan fingerprint density at radius 2 is 2.40 bits per heavy atom. The second-order valence-electron chi connectivity index (χ2n) is 6.01. The summed E-state index contributed by atoms with van der Waals surface area (Å²) >= 11 is 0. The van der Waals surface area contributed by atoms with E-state index in [1.165, 1.54) is 24.1 Å². The lowest BCUT2D eigenvalue weighted by Crippen LogP contribution is -2.40. The maximum Gasteiger partial charge on any atom is 0.0644 e. The monoisotopic (exact) mass is 279 g/mol. The Bertz CT molecular complexity index is 446. The zero-order chi connectivity index (χ0) is 13.9. The molecule has 20 heavy (non-hydrogen) atoms. The highest BCUT2D eigenvalue weighted by molar-refractivity contribution is 5.25. The summed E-state index contributed by atoms with van der Waals surface area (Å²) in [5.41, 5.74) is 2.65. The lowest BCUT2D eigenvalue weighted by atomic mass is 9.91. The molecule has 1 aromatic rings. The third kappa shape index (κ3) is 2.90. The lowest BCUT2D eigenvalue weighted by molar-refractivity contribution is 0.0108. The molecule has 0 bridgehead atoms. The van der Waals surface area contributed by atoms with Crippen molar-refractivity contribution in [3.8, 4) is 0 Å². The van der Waals surface area contributed by atoms with Crippen molar-refractivity contribution < 1.29 is 9.84 Å². The first-order chi connectivity index (χ1) is 9.78. The van der Waals surface area contributed by atoms with Gasteiger partial charge in [-0.25, -0.2) is 0 Å². The molecule has 0 aromatic carbocycles. The first-order valence-corrected chi connectivity index (χ1v) is 7.81. The largest absolute Gasteiger partial charge is 0.394 e. The summed E-state index contributed by atoms with van der Waals surface area (Å²) in [5, 5.41) is 17.3. The minimum absolute atomic E-state index is 0.156. The SMILES string of the molecule is CC1CC(NC2CCCc3c2cnn3CCO)CCO1. The van der Waals surface area contributed by atoms with Gasteiger partial charge in [0.2, 0.25) is 0 Å². The molecule has 0 radical (unpaired) electrons. The van der Waals surface area contributed by atoms with Crippen LogP contribution in [-0.4, -0.2) is 40.2 Å². The van der Waals surface area contributed by atoms with Crippen molar-refractivity contribution in [2.75, 3.05) is 13.2 Å². The van der Waals surface area contributed by atoms with Crippen LogP contribution in [0.3, 0.4) is 0 Å². The average molecular weight is 279 g/mol. The maximum absolute atomic E-state index is 9.11. The van der Waals surface area contributed by atoms with Crippen LogP contribution in [0.15, 0.2) is 6.20 Å². The van der Waals surface area contributed by atoms with Gasteiger partial charge >= 0.3 is 0 Å². The van der Waals surface area contributed by atoms with Crippen molar-refractivity contribution in [1.29, 1.82) is 0 Å². The van der Waals surface area contributed by atoms with Gasteiger partial charge in [-0.15, -0.1) is 0 Å². The fourth-order valence-corrected chi connectivity index (χ4v) is 3.51. The molecule has 1 saturated heterocycles. The number of hydrogen-bond donors (Lipinski definition) is 2. The smallest absolute Gasteiger partial charge is 0.0644 e. The van der Waals surface area contributed by atoms with E-state index in [1.54, 1.807) is 0 Å². The Morgan fingerprint density at radius 3 is 3.20 bits per heavy atom. The fourth-order valence-electron chi connectivity index (χ4n) is 3.51. The second-order valence-corrected chi connectivity index (χ2v) is 6.01. The number of aromatic nitrogens is 2. The number of fused-ring (bicyclic) bond motifs is 1. The molecule has 5 heteroatoms. The standard InChI is InChI=1S/C15H25N3O2/c1-11-9-12(5-8-20-11)17-14-3-2-4-15-13(14)10-16-18(15)6-7-19/h10-12,14,17,19H,2-9H2,1H3. The number of aliphatic hydroxyl groups is 1. The normalized spacial score (nSPS) is 30.2. The van der Waals surface area contributed by atoms with E-state index in [1.807, 2.05) is 10.9 Å². The molecule has 112 valence electrons. The fraction of sp³-hybridized carbons (Fsp3) is 0.800. The van der Waals surface area contributed by atoms with E-state index in [0.717, 1.165) is 25.9 Å². The lowest BCUT2D eigenvalue weighted by Gasteiger charge is -2.33. The number of aliphatic hydroxyl groups excluding tert-OH is 1. The van der Waals surface area contributed by atoms with Crippen LogP contribution < -0.4 is 5.32 Å². The Labute approximate surface area is 120 Å². The van der Waals surface area contributed by atoms with E-state index in [-0.39, 0.29) is 6.61 Å². The number of nitrogens with one attached hydrogen (secondary N) is 1. The third-order valence-corrected chi connectivity index (χ3v) is 4.50. The van der Waals surface area contributed by atoms with Crippen LogP contribution in [0, 0.1) is 0 Å². The van der Waals surface area contributed by atoms with Crippen LogP contribution in [0.5, 0.6) is 0 Å². The summed E-state index contributed by atoms with van der Waals surface area (Å²) in [6.45, 7) is 3.78. The highest BCUT2D eigenvalue weighted by atomic mass is 16.5. The topological polar surface area (TPSA) is 59.3 Å². The van der Waals surface area contributed by atoms with E-state index >= 15 is 0 Å². The van der Waals surface area contributed by atoms with Crippen molar-refractivity contribution in [3.05, 3.63) is 17.5 Å². The van der Waals surface area contributed by atoms with Gasteiger partial charge in [-0.1, -0.05) is 0 Å². The third-order valence-electron chi connectivity index (χ3n) is 4.50. The molecule has 1 fully saturated rings. The number of nitrogens with zero attached hydrogens (tertiary/aromatic N) is 2. The summed E-state index contributed by atoms with van der Waals surface area (Å²) < 4.78 is 7.59. The highest BCUT2D eigenvalue weighted by Crippen LogP contribution is 2.31. The molecule has 1 aliphatic heterocycles. The first-order valence-electron chi connectivity index (χ1n) is 7.81. The van der Waals surface area contributed by atoms with Gasteiger partial charge in [0.15, 0.2) is 0 Å². The molecular formula is C15H25N3O2. The molecule has 0 amide bonds. The van der Waals surface area contributed by atoms with Crippen LogP contribution in [0.25, 0.3) is 0 Å². The first kappa shape index (κ1) is 14.0. The van der Waals surface area contributed by atoms with E-state index in [4.69, 9.17) is 9.84 Å². The molecule has 1 aromatic heterocycles. The van der Waals surface area contributed by atoms with Crippen molar-refractivity contribution in [2.24, 2.45) is 0 Å². The van der Waals surface area contributed by atoms with E-state index in [2.05, 4.69) is 17.3 Å². The summed E-state index contributed by atoms with van der Waals surface area (Å²) in [5.74, 6) is 0. The molecule has 3 atom stereocenters. The van der Waals surface area contributed by atoms with Gasteiger partial charge < -0.3 is 15.2 Å². The molecule has 2 N–H and O–H groups in total. The Morgan fingerprint density at radius 1 is 1.50 bits per heavy atom. The summed E-state index contributed by atoms with van der Waals surface area (Å²) in [4.78, 5) is 0. The van der Waals surface area contributed by atoms with E-state index < -0.39 is 0 Å². The average Bonchev–Trinajstić information content (AvgIpc) is 2.84. The van der Waals surface area contributed by atoms with Crippen LogP contribution in [0.2, 0.25) is 0 Å². The molecule has 3 unspecified atom stereocenters. The number of hydrogen-bond acceptors (Lipinski definition) is 4. The van der Waals surface area contributed by atoms with Gasteiger partial charge in [-0.3, -0.25) is 4.68 Å². The molecule has 2 heterocycles. The van der Waals surface area contributed by atoms with Crippen molar-refractivity contribution in [3.63, 3.8) is 0 Å². The summed E-state index contributed by atoms with van der Waals surface area (Å²) in [6, 6.07) is 0.970. The van der Waals surface area contributed by atoms with Crippen LogP contribution >= 0.6 is 0 Å². The number of rotatable bonds is 4. The summed E-state index contributed by atoms with van der Waals surface area (Å²) in [7, 11) is 0. The van der Waals surface area contributed by atoms with Gasteiger partial charge in [0.05, 0.1) is 25.5 Å². The molecular weight excluding hydrogens is 254 g/mol. The zero-order valence-corrected chi connectivity index (χ0v) is 12.2. The van der Waals surface area contributed by atoms with Crippen molar-refractivity contribution >= 4 is 0 Å². The van der Waals surface area contributed by atoms with E-state index in [9.17, 15) is 0 Å². The molecule has 0 spiro atoms. The molecule has 2 aliphatic rings. The van der Waals surface area contributed by atoms with Crippen molar-refractivity contribution in [1.82, 2.24) is 15.1 Å². The molecule has 1 aliphatic carbocycles. The Kier molecular flexibility index (Phi) is 4.38. The number of ether oxygens (including phenoxy) is 1. The Hall–Kier alpha value is -0.910. The Balaban J connectivity index is 1.70. The van der Waals surface area contributed by atoms with Gasteiger partial charge in [0.25, 0.3) is 0 Å². The quantitative estimate of drug-likeness (QED) is 0.875. The molecule has 3 rings (SSSR count). The van der Waals surface area contributed by atoms with E-state index in [0.29, 0.717) is 24.7 Å². The minimum Gasteiger partial charge on any atom is -0.394 e. The van der Waals surface area contributed by atoms with Gasteiger partial charge in [-0.05, 0) is 39.0 Å². The van der Waals surface area contributed by atoms with Crippen LogP contribution in [0.4, 0.5) is 0 Å². The molecule has 0 saturated carbocycles. The summed E-state index contributed by atoms with van der Waals surface area (Å²) in [6.07, 6.45) is 8.01. The zero-order valence-electron chi connectivity index (χ0n) is 12.2. The minimum atomic E-state index is 0.156. The van der Waals surface area contributed by atoms with Gasteiger partial charge in [0, 0.05) is 29.9 Å².